The number of benzene rings is 2. The summed E-state index contributed by atoms with van der Waals surface area (Å²) in [5, 5.41) is 2.67. The molecular weight excluding hydrogens is 380 g/mol. The van der Waals surface area contributed by atoms with Gasteiger partial charge in [0.1, 0.15) is 0 Å². The summed E-state index contributed by atoms with van der Waals surface area (Å²) in [6, 6.07) is 15.2. The molecule has 0 saturated carbocycles. The third kappa shape index (κ3) is 6.79. The van der Waals surface area contributed by atoms with Crippen LogP contribution in [0.15, 0.2) is 59.5 Å². The molecule has 28 heavy (non-hydrogen) atoms. The van der Waals surface area contributed by atoms with E-state index in [1.165, 1.54) is 24.3 Å². The van der Waals surface area contributed by atoms with E-state index in [1.807, 2.05) is 37.3 Å². The van der Waals surface area contributed by atoms with Crippen LogP contribution < -0.4 is 10.0 Å². The highest BCUT2D eigenvalue weighted by Crippen LogP contribution is 2.12. The van der Waals surface area contributed by atoms with E-state index in [2.05, 4.69) is 10.0 Å². The largest absolute Gasteiger partial charge is 0.452 e. The van der Waals surface area contributed by atoms with E-state index in [4.69, 9.17) is 4.74 Å². The van der Waals surface area contributed by atoms with Crippen LogP contribution in [0.3, 0.4) is 0 Å². The fourth-order valence-electron chi connectivity index (χ4n) is 2.37. The van der Waals surface area contributed by atoms with Crippen molar-refractivity contribution in [3.8, 4) is 0 Å². The van der Waals surface area contributed by atoms with Crippen LogP contribution in [-0.4, -0.2) is 40.0 Å². The van der Waals surface area contributed by atoms with Gasteiger partial charge in [-0.25, -0.2) is 17.9 Å². The highest BCUT2D eigenvalue weighted by atomic mass is 32.2. The van der Waals surface area contributed by atoms with Crippen molar-refractivity contribution < 1.29 is 22.7 Å². The molecule has 0 spiro atoms. The molecule has 8 heteroatoms. The lowest BCUT2D eigenvalue weighted by atomic mass is 10.1. The number of hydrogen-bond donors (Lipinski definition) is 2. The van der Waals surface area contributed by atoms with Crippen molar-refractivity contribution >= 4 is 21.9 Å². The van der Waals surface area contributed by atoms with Gasteiger partial charge in [0, 0.05) is 13.1 Å². The molecule has 0 aliphatic heterocycles. The second-order valence-corrected chi connectivity index (χ2v) is 7.85. The maximum atomic E-state index is 12.1. The van der Waals surface area contributed by atoms with Crippen LogP contribution in [0.1, 0.15) is 29.3 Å². The summed E-state index contributed by atoms with van der Waals surface area (Å²) in [6.45, 7) is 2.15. The van der Waals surface area contributed by atoms with Crippen LogP contribution in [0.25, 0.3) is 0 Å². The van der Waals surface area contributed by atoms with Crippen LogP contribution in [0.5, 0.6) is 0 Å². The number of nitrogens with one attached hydrogen (secondary N) is 2. The highest BCUT2D eigenvalue weighted by Gasteiger charge is 2.17. The zero-order valence-corrected chi connectivity index (χ0v) is 16.5. The third-order valence-electron chi connectivity index (χ3n) is 3.84. The van der Waals surface area contributed by atoms with E-state index in [-0.39, 0.29) is 10.5 Å². The van der Waals surface area contributed by atoms with Gasteiger partial charge in [0.25, 0.3) is 5.91 Å². The summed E-state index contributed by atoms with van der Waals surface area (Å²) in [7, 11) is -3.69. The summed E-state index contributed by atoms with van der Waals surface area (Å²) in [5.74, 6) is -1.18. The van der Waals surface area contributed by atoms with Crippen molar-refractivity contribution in [1.29, 1.82) is 0 Å². The van der Waals surface area contributed by atoms with Crippen molar-refractivity contribution in [3.05, 3.63) is 65.7 Å². The maximum Gasteiger partial charge on any atom is 0.338 e. The molecule has 0 saturated heterocycles. The summed E-state index contributed by atoms with van der Waals surface area (Å²) in [6.07, 6.45) is 1.32. The van der Waals surface area contributed by atoms with E-state index in [9.17, 15) is 18.0 Å². The van der Waals surface area contributed by atoms with Crippen molar-refractivity contribution in [1.82, 2.24) is 10.0 Å². The van der Waals surface area contributed by atoms with E-state index >= 15 is 0 Å². The Hall–Kier alpha value is -2.71. The van der Waals surface area contributed by atoms with Crippen molar-refractivity contribution in [2.24, 2.45) is 0 Å². The van der Waals surface area contributed by atoms with Crippen LogP contribution in [0.4, 0.5) is 0 Å². The first-order chi connectivity index (χ1) is 13.4. The van der Waals surface area contributed by atoms with Gasteiger partial charge >= 0.3 is 5.97 Å². The minimum absolute atomic E-state index is 0.0253. The highest BCUT2D eigenvalue weighted by molar-refractivity contribution is 7.89. The normalized spacial score (nSPS) is 11.0. The average Bonchev–Trinajstić information content (AvgIpc) is 2.71. The predicted octanol–water partition coefficient (Wildman–Crippen LogP) is 1.89. The number of carbonyl (C=O) groups is 2. The summed E-state index contributed by atoms with van der Waals surface area (Å²) >= 11 is 0. The smallest absolute Gasteiger partial charge is 0.338 e. The van der Waals surface area contributed by atoms with Gasteiger partial charge in [0.2, 0.25) is 10.0 Å². The van der Waals surface area contributed by atoms with E-state index in [0.717, 1.165) is 5.56 Å². The molecule has 2 N–H and O–H groups in total. The average molecular weight is 404 g/mol. The number of carbonyl (C=O) groups excluding carboxylic acids is 2. The molecule has 1 amide bonds. The molecule has 2 rings (SSSR count). The first-order valence-electron chi connectivity index (χ1n) is 9.00. The fraction of sp³-hybridized carbons (Fsp3) is 0.300. The Morgan fingerprint density at radius 3 is 2.46 bits per heavy atom. The zero-order valence-electron chi connectivity index (χ0n) is 15.7. The standard InChI is InChI=1S/C20H24N2O5S/c1-2-12-22-28(25,26)18-10-6-9-17(14-18)20(24)27-15-19(23)21-13-11-16-7-4-3-5-8-16/h3-10,14,22H,2,11-13,15H2,1H3,(H,21,23). The molecule has 7 nitrogen and oxygen atoms in total. The maximum absolute atomic E-state index is 12.1. The van der Waals surface area contributed by atoms with Crippen molar-refractivity contribution in [2.75, 3.05) is 19.7 Å². The van der Waals surface area contributed by atoms with Gasteiger partial charge in [-0.1, -0.05) is 43.3 Å². The topological polar surface area (TPSA) is 102 Å². The van der Waals surface area contributed by atoms with Gasteiger partial charge in [-0.3, -0.25) is 4.79 Å². The van der Waals surface area contributed by atoms with Gasteiger partial charge in [0.05, 0.1) is 10.5 Å². The Labute approximate surface area is 165 Å². The van der Waals surface area contributed by atoms with E-state index in [1.54, 1.807) is 0 Å². The van der Waals surface area contributed by atoms with Crippen LogP contribution >= 0.6 is 0 Å². The van der Waals surface area contributed by atoms with Gasteiger partial charge < -0.3 is 10.1 Å². The lowest BCUT2D eigenvalue weighted by Crippen LogP contribution is -2.30. The Kier molecular flexibility index (Phi) is 8.16. The molecule has 0 heterocycles. The van der Waals surface area contributed by atoms with Crippen LogP contribution in [0, 0.1) is 0 Å². The Balaban J connectivity index is 1.84. The molecule has 0 bridgehead atoms. The molecule has 0 fully saturated rings. The molecule has 2 aromatic rings. The molecule has 0 unspecified atom stereocenters. The summed E-state index contributed by atoms with van der Waals surface area (Å²) in [4.78, 5) is 23.9. The monoisotopic (exact) mass is 404 g/mol. The molecule has 0 aliphatic carbocycles. The molecular formula is C20H24N2O5S. The lowest BCUT2D eigenvalue weighted by molar-refractivity contribution is -0.124. The van der Waals surface area contributed by atoms with E-state index in [0.29, 0.717) is 25.9 Å². The SMILES string of the molecule is CCCNS(=O)(=O)c1cccc(C(=O)OCC(=O)NCCc2ccccc2)c1. The van der Waals surface area contributed by atoms with Crippen molar-refractivity contribution in [2.45, 2.75) is 24.7 Å². The third-order valence-corrected chi connectivity index (χ3v) is 5.29. The van der Waals surface area contributed by atoms with E-state index < -0.39 is 28.5 Å². The van der Waals surface area contributed by atoms with Gasteiger partial charge in [0.15, 0.2) is 6.61 Å². The minimum atomic E-state index is -3.69. The minimum Gasteiger partial charge on any atom is -0.452 e. The number of sulfonamides is 1. The second kappa shape index (κ2) is 10.6. The summed E-state index contributed by atoms with van der Waals surface area (Å²) < 4.78 is 31.7. The molecule has 0 aliphatic rings. The molecule has 0 aromatic heterocycles. The van der Waals surface area contributed by atoms with Gasteiger partial charge in [-0.15, -0.1) is 0 Å². The number of hydrogen-bond acceptors (Lipinski definition) is 5. The predicted molar refractivity (Wildman–Crippen MR) is 105 cm³/mol. The Morgan fingerprint density at radius 1 is 1.00 bits per heavy atom. The Morgan fingerprint density at radius 2 is 1.75 bits per heavy atom. The second-order valence-electron chi connectivity index (χ2n) is 6.09. The molecule has 0 radical (unpaired) electrons. The summed E-state index contributed by atoms with van der Waals surface area (Å²) in [5.41, 5.74) is 1.16. The number of ether oxygens (including phenoxy) is 1. The van der Waals surface area contributed by atoms with Crippen molar-refractivity contribution in [3.63, 3.8) is 0 Å². The van der Waals surface area contributed by atoms with Gasteiger partial charge in [-0.2, -0.15) is 0 Å². The molecule has 0 atom stereocenters. The first kappa shape index (κ1) is 21.6. The lowest BCUT2D eigenvalue weighted by Gasteiger charge is -2.09. The number of amides is 1. The Bertz CT molecular complexity index is 898. The van der Waals surface area contributed by atoms with Crippen LogP contribution in [0.2, 0.25) is 0 Å². The van der Waals surface area contributed by atoms with Crippen LogP contribution in [-0.2, 0) is 26.0 Å². The molecule has 150 valence electrons. The van der Waals surface area contributed by atoms with Gasteiger partial charge in [-0.05, 0) is 36.6 Å². The quantitative estimate of drug-likeness (QED) is 0.589. The fourth-order valence-corrected chi connectivity index (χ4v) is 3.55. The number of esters is 1. The number of rotatable bonds is 10. The first-order valence-corrected chi connectivity index (χ1v) is 10.5. The zero-order chi connectivity index (χ0) is 20.4. The molecule has 2 aromatic carbocycles.